The number of rotatable bonds is 5. The van der Waals surface area contributed by atoms with Gasteiger partial charge in [-0.2, -0.15) is 0 Å². The number of anilines is 1. The summed E-state index contributed by atoms with van der Waals surface area (Å²) in [5.74, 6) is 0.0196. The molecule has 176 valence electrons. The molecule has 1 amide bonds. The van der Waals surface area contributed by atoms with E-state index < -0.39 is 10.0 Å². The smallest absolute Gasteiger partial charge is 0.265 e. The number of aromatic nitrogens is 2. The quantitative estimate of drug-likeness (QED) is 0.561. The fraction of sp³-hybridized carbons (Fsp3) is 0.417. The molecule has 1 fully saturated rings. The number of hydrogen-bond acceptors (Lipinski definition) is 5. The molecule has 1 aliphatic rings. The Bertz CT molecular complexity index is 1300. The molecule has 0 aliphatic carbocycles. The number of nitrogens with zero attached hydrogens (tertiary/aromatic N) is 3. The highest BCUT2D eigenvalue weighted by molar-refractivity contribution is 7.92. The van der Waals surface area contributed by atoms with Crippen LogP contribution in [-0.4, -0.2) is 41.9 Å². The SMILES string of the molecule is Cc1cc(C)cc(NS(=O)(=O)c2cc(-c3nc(C)c(C(=O)N4CCCCC4)s3)n(C)c2C)c1. The zero-order chi connectivity index (χ0) is 23.9. The second-order valence-electron chi connectivity index (χ2n) is 8.81. The van der Waals surface area contributed by atoms with Gasteiger partial charge in [-0.3, -0.25) is 9.52 Å². The van der Waals surface area contributed by atoms with Crippen molar-refractivity contribution >= 4 is 33.0 Å². The number of hydrogen-bond donors (Lipinski definition) is 1. The molecule has 1 N–H and O–H groups in total. The number of likely N-dealkylation sites (tertiary alicyclic amines) is 1. The second-order valence-corrected chi connectivity index (χ2v) is 11.5. The Labute approximate surface area is 199 Å². The van der Waals surface area contributed by atoms with E-state index in [0.717, 1.165) is 43.5 Å². The molecule has 3 aromatic rings. The summed E-state index contributed by atoms with van der Waals surface area (Å²) < 4.78 is 31.0. The van der Waals surface area contributed by atoms with Gasteiger partial charge >= 0.3 is 0 Å². The van der Waals surface area contributed by atoms with Crippen LogP contribution in [0.5, 0.6) is 0 Å². The Hall–Kier alpha value is -2.65. The molecule has 0 atom stereocenters. The number of carbonyl (C=O) groups is 1. The van der Waals surface area contributed by atoms with Gasteiger partial charge in [0.15, 0.2) is 0 Å². The van der Waals surface area contributed by atoms with Crippen LogP contribution in [0.3, 0.4) is 0 Å². The predicted molar refractivity (Wildman–Crippen MR) is 132 cm³/mol. The molecule has 33 heavy (non-hydrogen) atoms. The van der Waals surface area contributed by atoms with Gasteiger partial charge in [-0.25, -0.2) is 13.4 Å². The lowest BCUT2D eigenvalue weighted by atomic mass is 10.1. The van der Waals surface area contributed by atoms with E-state index in [2.05, 4.69) is 9.71 Å². The molecule has 0 saturated carbocycles. The van der Waals surface area contributed by atoms with Gasteiger partial charge < -0.3 is 9.47 Å². The molecule has 9 heteroatoms. The first-order valence-electron chi connectivity index (χ1n) is 11.1. The van der Waals surface area contributed by atoms with Crippen LogP contribution in [0.25, 0.3) is 10.7 Å². The van der Waals surface area contributed by atoms with Gasteiger partial charge in [-0.1, -0.05) is 6.07 Å². The lowest BCUT2D eigenvalue weighted by molar-refractivity contribution is 0.0728. The summed E-state index contributed by atoms with van der Waals surface area (Å²) in [7, 11) is -1.97. The van der Waals surface area contributed by atoms with Crippen LogP contribution in [-0.2, 0) is 17.1 Å². The van der Waals surface area contributed by atoms with E-state index in [-0.39, 0.29) is 10.8 Å². The van der Waals surface area contributed by atoms with Crippen molar-refractivity contribution in [3.05, 3.63) is 51.7 Å². The fourth-order valence-corrected chi connectivity index (χ4v) is 6.75. The molecule has 3 heterocycles. The summed E-state index contributed by atoms with van der Waals surface area (Å²) >= 11 is 1.33. The molecule has 1 saturated heterocycles. The van der Waals surface area contributed by atoms with E-state index >= 15 is 0 Å². The van der Waals surface area contributed by atoms with Crippen molar-refractivity contribution in [3.8, 4) is 10.7 Å². The first kappa shape index (κ1) is 23.5. The minimum Gasteiger partial charge on any atom is -0.345 e. The Balaban J connectivity index is 1.67. The third-order valence-electron chi connectivity index (χ3n) is 6.11. The van der Waals surface area contributed by atoms with Crippen molar-refractivity contribution in [2.24, 2.45) is 7.05 Å². The van der Waals surface area contributed by atoms with E-state index in [1.165, 1.54) is 11.3 Å². The van der Waals surface area contributed by atoms with Crippen LogP contribution in [0.4, 0.5) is 5.69 Å². The first-order valence-corrected chi connectivity index (χ1v) is 13.4. The highest BCUT2D eigenvalue weighted by atomic mass is 32.2. The highest BCUT2D eigenvalue weighted by Gasteiger charge is 2.27. The summed E-state index contributed by atoms with van der Waals surface area (Å²) in [6.07, 6.45) is 3.22. The number of benzene rings is 1. The Morgan fingerprint density at radius 3 is 2.27 bits per heavy atom. The topological polar surface area (TPSA) is 84.3 Å². The van der Waals surface area contributed by atoms with Gasteiger partial charge in [0.2, 0.25) is 0 Å². The van der Waals surface area contributed by atoms with Gasteiger partial charge in [0.1, 0.15) is 14.8 Å². The third kappa shape index (κ3) is 4.70. The van der Waals surface area contributed by atoms with E-state index in [4.69, 9.17) is 0 Å². The average Bonchev–Trinajstić information content (AvgIpc) is 3.27. The first-order chi connectivity index (χ1) is 15.6. The molecule has 0 bridgehead atoms. The number of aryl methyl sites for hydroxylation is 3. The van der Waals surface area contributed by atoms with Crippen LogP contribution in [0.2, 0.25) is 0 Å². The maximum atomic E-state index is 13.2. The molecule has 0 spiro atoms. The molecular weight excluding hydrogens is 456 g/mol. The van der Waals surface area contributed by atoms with Gasteiger partial charge in [0, 0.05) is 31.5 Å². The molecule has 0 unspecified atom stereocenters. The third-order valence-corrected chi connectivity index (χ3v) is 8.77. The molecule has 4 rings (SSSR count). The minimum absolute atomic E-state index is 0.0196. The normalized spacial score (nSPS) is 14.5. The zero-order valence-electron chi connectivity index (χ0n) is 19.7. The van der Waals surface area contributed by atoms with Crippen LogP contribution in [0.1, 0.15) is 51.4 Å². The maximum Gasteiger partial charge on any atom is 0.265 e. The summed E-state index contributed by atoms with van der Waals surface area (Å²) in [6.45, 7) is 9.04. The summed E-state index contributed by atoms with van der Waals surface area (Å²) in [6, 6.07) is 7.27. The number of nitrogens with one attached hydrogen (secondary N) is 1. The van der Waals surface area contributed by atoms with E-state index in [1.54, 1.807) is 13.0 Å². The minimum atomic E-state index is -3.79. The van der Waals surface area contributed by atoms with Crippen molar-refractivity contribution in [1.29, 1.82) is 0 Å². The Morgan fingerprint density at radius 1 is 1.00 bits per heavy atom. The number of piperidine rings is 1. The Morgan fingerprint density at radius 2 is 1.64 bits per heavy atom. The molecule has 2 aromatic heterocycles. The van der Waals surface area contributed by atoms with Crippen molar-refractivity contribution in [2.45, 2.75) is 51.9 Å². The van der Waals surface area contributed by atoms with Gasteiger partial charge in [0.05, 0.1) is 11.4 Å². The number of sulfonamides is 1. The summed E-state index contributed by atoms with van der Waals surface area (Å²) in [4.78, 5) is 20.4. The molecule has 0 radical (unpaired) electrons. The summed E-state index contributed by atoms with van der Waals surface area (Å²) in [5.41, 5.74) is 4.49. The largest absolute Gasteiger partial charge is 0.345 e. The maximum absolute atomic E-state index is 13.2. The van der Waals surface area contributed by atoms with Crippen LogP contribution in [0, 0.1) is 27.7 Å². The lowest BCUT2D eigenvalue weighted by Gasteiger charge is -2.26. The van der Waals surface area contributed by atoms with Crippen molar-refractivity contribution < 1.29 is 13.2 Å². The Kier molecular flexibility index (Phi) is 6.37. The van der Waals surface area contributed by atoms with Crippen LogP contribution >= 0.6 is 11.3 Å². The van der Waals surface area contributed by atoms with Crippen molar-refractivity contribution in [3.63, 3.8) is 0 Å². The number of thiazole rings is 1. The molecule has 7 nitrogen and oxygen atoms in total. The fourth-order valence-electron chi connectivity index (χ4n) is 4.34. The van der Waals surface area contributed by atoms with Gasteiger partial charge in [0.25, 0.3) is 15.9 Å². The second kappa shape index (κ2) is 8.95. The van der Waals surface area contributed by atoms with Crippen LogP contribution < -0.4 is 4.72 Å². The zero-order valence-corrected chi connectivity index (χ0v) is 21.4. The molecular formula is C24H30N4O3S2. The van der Waals surface area contributed by atoms with E-state index in [9.17, 15) is 13.2 Å². The average molecular weight is 487 g/mol. The van der Waals surface area contributed by atoms with Crippen molar-refractivity contribution in [1.82, 2.24) is 14.5 Å². The monoisotopic (exact) mass is 486 g/mol. The van der Waals surface area contributed by atoms with Crippen molar-refractivity contribution in [2.75, 3.05) is 17.8 Å². The summed E-state index contributed by atoms with van der Waals surface area (Å²) in [5, 5.41) is 0.645. The van der Waals surface area contributed by atoms with Gasteiger partial charge in [-0.15, -0.1) is 11.3 Å². The predicted octanol–water partition coefficient (Wildman–Crippen LogP) is 4.81. The van der Waals surface area contributed by atoms with E-state index in [1.807, 2.05) is 55.5 Å². The number of amides is 1. The van der Waals surface area contributed by atoms with E-state index in [0.29, 0.717) is 32.7 Å². The highest BCUT2D eigenvalue weighted by Crippen LogP contribution is 2.34. The van der Waals surface area contributed by atoms with Crippen LogP contribution in [0.15, 0.2) is 29.2 Å². The number of carbonyl (C=O) groups excluding carboxylic acids is 1. The molecule has 1 aromatic carbocycles. The van der Waals surface area contributed by atoms with Gasteiger partial charge in [-0.05, 0) is 76.3 Å². The molecule has 1 aliphatic heterocycles. The lowest BCUT2D eigenvalue weighted by Crippen LogP contribution is -2.35. The standard InChI is InChI=1S/C24H30N4O3S2/c1-15-11-16(2)13-19(12-15)26-33(30,31)21-14-20(27(5)18(21)4)23-25-17(3)22(32-23)24(29)28-9-7-6-8-10-28/h11-14,26H,6-10H2,1-5H3.